The lowest BCUT2D eigenvalue weighted by Gasteiger charge is -2.17. The summed E-state index contributed by atoms with van der Waals surface area (Å²) in [5.74, 6) is -2.53. The van der Waals surface area contributed by atoms with Crippen molar-refractivity contribution < 1.29 is 18.8 Å². The van der Waals surface area contributed by atoms with Gasteiger partial charge in [-0.05, 0) is 54.6 Å². The van der Waals surface area contributed by atoms with Gasteiger partial charge in [0.25, 0.3) is 17.7 Å². The molecule has 0 saturated heterocycles. The van der Waals surface area contributed by atoms with E-state index >= 15 is 0 Å². The van der Waals surface area contributed by atoms with Gasteiger partial charge in [0.15, 0.2) is 0 Å². The Labute approximate surface area is 212 Å². The molecular formula is C23H12Cl4FN3O3. The molecule has 1 aliphatic rings. The fourth-order valence-electron chi connectivity index (χ4n) is 3.12. The molecule has 0 spiro atoms. The second-order valence-electron chi connectivity index (χ2n) is 6.99. The van der Waals surface area contributed by atoms with Crippen LogP contribution in [0.2, 0.25) is 15.1 Å². The van der Waals surface area contributed by atoms with Crippen LogP contribution in [-0.4, -0.2) is 17.7 Å². The molecule has 11 heteroatoms. The number of anilines is 3. The zero-order chi connectivity index (χ0) is 24.6. The second kappa shape index (κ2) is 9.64. The highest BCUT2D eigenvalue weighted by Gasteiger charge is 2.40. The lowest BCUT2D eigenvalue weighted by atomic mass is 10.2. The molecule has 4 rings (SSSR count). The highest BCUT2D eigenvalue weighted by Crippen LogP contribution is 2.37. The first-order chi connectivity index (χ1) is 16.2. The quantitative estimate of drug-likeness (QED) is 0.365. The van der Waals surface area contributed by atoms with Crippen LogP contribution < -0.4 is 15.5 Å². The molecule has 0 bridgehead atoms. The minimum atomic E-state index is -0.757. The molecule has 0 unspecified atom stereocenters. The number of imide groups is 1. The van der Waals surface area contributed by atoms with Crippen molar-refractivity contribution in [1.29, 1.82) is 0 Å². The Morgan fingerprint density at radius 2 is 1.50 bits per heavy atom. The van der Waals surface area contributed by atoms with Crippen LogP contribution in [0.25, 0.3) is 0 Å². The average molecular weight is 539 g/mol. The average Bonchev–Trinajstić information content (AvgIpc) is 3.02. The van der Waals surface area contributed by atoms with Crippen LogP contribution in [-0.2, 0) is 9.59 Å². The smallest absolute Gasteiger partial charge is 0.283 e. The molecule has 3 aromatic rings. The van der Waals surface area contributed by atoms with Gasteiger partial charge in [-0.3, -0.25) is 14.4 Å². The van der Waals surface area contributed by atoms with Gasteiger partial charge in [0.2, 0.25) is 0 Å². The first-order valence-corrected chi connectivity index (χ1v) is 11.0. The maximum Gasteiger partial charge on any atom is 0.283 e. The number of nitrogens with one attached hydrogen (secondary N) is 2. The van der Waals surface area contributed by atoms with E-state index in [1.165, 1.54) is 48.5 Å². The molecule has 172 valence electrons. The van der Waals surface area contributed by atoms with Gasteiger partial charge in [-0.15, -0.1) is 0 Å². The maximum atomic E-state index is 13.3. The zero-order valence-electron chi connectivity index (χ0n) is 16.8. The van der Waals surface area contributed by atoms with Gasteiger partial charge in [0, 0.05) is 16.9 Å². The van der Waals surface area contributed by atoms with Crippen molar-refractivity contribution in [3.05, 3.63) is 97.8 Å². The fraction of sp³-hybridized carbons (Fsp3) is 0. The Kier molecular flexibility index (Phi) is 6.81. The summed E-state index contributed by atoms with van der Waals surface area (Å²) in [5.41, 5.74) is 0.959. The number of amides is 3. The first-order valence-electron chi connectivity index (χ1n) is 9.53. The van der Waals surface area contributed by atoms with Gasteiger partial charge in [0.1, 0.15) is 16.5 Å². The van der Waals surface area contributed by atoms with Crippen LogP contribution in [0.15, 0.2) is 71.4 Å². The van der Waals surface area contributed by atoms with Gasteiger partial charge in [-0.2, -0.15) is 0 Å². The SMILES string of the molecule is O=C(Nc1ccc(F)c(Cl)c1)c1ccc(NC2=C(Cl)C(=O)N(c3cccc(Cl)c3Cl)C2=O)cc1. The van der Waals surface area contributed by atoms with E-state index in [9.17, 15) is 18.8 Å². The lowest BCUT2D eigenvalue weighted by Crippen LogP contribution is -2.32. The summed E-state index contributed by atoms with van der Waals surface area (Å²) in [6.07, 6.45) is 0. The lowest BCUT2D eigenvalue weighted by molar-refractivity contribution is -0.120. The molecule has 1 aliphatic heterocycles. The predicted octanol–water partition coefficient (Wildman–Crippen LogP) is 6.47. The van der Waals surface area contributed by atoms with Crippen molar-refractivity contribution in [3.8, 4) is 0 Å². The van der Waals surface area contributed by atoms with E-state index in [4.69, 9.17) is 46.4 Å². The standard InChI is InChI=1S/C23H12Cl4FN3O3/c24-14-2-1-3-17(18(14)26)31-22(33)19(27)20(23(31)34)29-12-6-4-11(5-7-12)21(32)30-13-8-9-16(28)15(25)10-13/h1-10,29H,(H,30,32). The monoisotopic (exact) mass is 537 g/mol. The Morgan fingerprint density at radius 1 is 0.824 bits per heavy atom. The highest BCUT2D eigenvalue weighted by atomic mass is 35.5. The van der Waals surface area contributed by atoms with Crippen molar-refractivity contribution >= 4 is 81.2 Å². The zero-order valence-corrected chi connectivity index (χ0v) is 19.9. The molecule has 0 radical (unpaired) electrons. The van der Waals surface area contributed by atoms with Crippen LogP contribution in [0, 0.1) is 5.82 Å². The summed E-state index contributed by atoms with van der Waals surface area (Å²) >= 11 is 24.0. The van der Waals surface area contributed by atoms with Crippen molar-refractivity contribution in [1.82, 2.24) is 0 Å². The van der Waals surface area contributed by atoms with Crippen LogP contribution in [0.4, 0.5) is 21.5 Å². The summed E-state index contributed by atoms with van der Waals surface area (Å²) < 4.78 is 13.3. The molecule has 0 atom stereocenters. The number of hydrogen-bond acceptors (Lipinski definition) is 4. The molecule has 0 aliphatic carbocycles. The molecule has 2 N–H and O–H groups in total. The van der Waals surface area contributed by atoms with E-state index in [1.807, 2.05) is 0 Å². The summed E-state index contributed by atoms with van der Waals surface area (Å²) in [6, 6.07) is 14.4. The number of halogens is 5. The number of hydrogen-bond donors (Lipinski definition) is 2. The summed E-state index contributed by atoms with van der Waals surface area (Å²) in [7, 11) is 0. The molecular weight excluding hydrogens is 527 g/mol. The van der Waals surface area contributed by atoms with E-state index in [1.54, 1.807) is 6.07 Å². The third-order valence-electron chi connectivity index (χ3n) is 4.79. The molecule has 1 heterocycles. The van der Waals surface area contributed by atoms with Gasteiger partial charge in [-0.1, -0.05) is 52.5 Å². The van der Waals surface area contributed by atoms with Crippen LogP contribution >= 0.6 is 46.4 Å². The third-order valence-corrected chi connectivity index (χ3v) is 6.24. The molecule has 0 fully saturated rings. The first kappa shape index (κ1) is 24.0. The Balaban J connectivity index is 1.50. The molecule has 3 amide bonds. The van der Waals surface area contributed by atoms with E-state index in [0.717, 1.165) is 11.0 Å². The third kappa shape index (κ3) is 4.60. The minimum Gasteiger partial charge on any atom is -0.350 e. The summed E-state index contributed by atoms with van der Waals surface area (Å²) in [4.78, 5) is 38.8. The number of benzene rings is 3. The summed E-state index contributed by atoms with van der Waals surface area (Å²) in [6.45, 7) is 0. The maximum absolute atomic E-state index is 13.3. The highest BCUT2D eigenvalue weighted by molar-refractivity contribution is 6.54. The van der Waals surface area contributed by atoms with E-state index < -0.39 is 23.5 Å². The van der Waals surface area contributed by atoms with Crippen molar-refractivity contribution in [2.45, 2.75) is 0 Å². The number of rotatable bonds is 5. The largest absolute Gasteiger partial charge is 0.350 e. The molecule has 6 nitrogen and oxygen atoms in total. The van der Waals surface area contributed by atoms with Gasteiger partial charge in [0.05, 0.1) is 20.8 Å². The second-order valence-corrected chi connectivity index (χ2v) is 8.56. The number of carbonyl (C=O) groups excluding carboxylic acids is 3. The van der Waals surface area contributed by atoms with E-state index in [2.05, 4.69) is 10.6 Å². The predicted molar refractivity (Wildman–Crippen MR) is 131 cm³/mol. The summed E-state index contributed by atoms with van der Waals surface area (Å²) in [5, 5.41) is 5.18. The van der Waals surface area contributed by atoms with Crippen molar-refractivity contribution in [2.75, 3.05) is 15.5 Å². The fourth-order valence-corrected chi connectivity index (χ4v) is 3.89. The Hall–Kier alpha value is -3.10. The topological polar surface area (TPSA) is 78.5 Å². The normalized spacial score (nSPS) is 13.5. The van der Waals surface area contributed by atoms with Crippen molar-refractivity contribution in [2.24, 2.45) is 0 Å². The molecule has 0 aromatic heterocycles. The van der Waals surface area contributed by atoms with Crippen LogP contribution in [0.3, 0.4) is 0 Å². The van der Waals surface area contributed by atoms with Gasteiger partial charge < -0.3 is 10.6 Å². The molecule has 0 saturated carbocycles. The van der Waals surface area contributed by atoms with E-state index in [0.29, 0.717) is 11.4 Å². The van der Waals surface area contributed by atoms with Crippen LogP contribution in [0.1, 0.15) is 10.4 Å². The van der Waals surface area contributed by atoms with Crippen molar-refractivity contribution in [3.63, 3.8) is 0 Å². The van der Waals surface area contributed by atoms with Crippen LogP contribution in [0.5, 0.6) is 0 Å². The van der Waals surface area contributed by atoms with Gasteiger partial charge >= 0.3 is 0 Å². The molecule has 34 heavy (non-hydrogen) atoms. The molecule has 3 aromatic carbocycles. The Morgan fingerprint density at radius 3 is 2.18 bits per heavy atom. The minimum absolute atomic E-state index is 0.0365. The van der Waals surface area contributed by atoms with E-state index in [-0.39, 0.29) is 37.0 Å². The van der Waals surface area contributed by atoms with Gasteiger partial charge in [-0.25, -0.2) is 9.29 Å². The number of nitrogens with zero attached hydrogens (tertiary/aromatic N) is 1. The Bertz CT molecular complexity index is 1380. The number of carbonyl (C=O) groups is 3.